The van der Waals surface area contributed by atoms with Gasteiger partial charge in [0.05, 0.1) is 0 Å². The summed E-state index contributed by atoms with van der Waals surface area (Å²) in [7, 11) is 0. The van der Waals surface area contributed by atoms with Gasteiger partial charge in [-0.15, -0.1) is 11.8 Å². The van der Waals surface area contributed by atoms with Gasteiger partial charge in [0.1, 0.15) is 12.4 Å². The van der Waals surface area contributed by atoms with Crippen LogP contribution in [0.25, 0.3) is 0 Å². The van der Waals surface area contributed by atoms with Crippen molar-refractivity contribution in [1.82, 2.24) is 5.32 Å². The fourth-order valence-corrected chi connectivity index (χ4v) is 2.60. The molecule has 2 nitrogen and oxygen atoms in total. The molecule has 0 atom stereocenters. The zero-order chi connectivity index (χ0) is 14.9. The third-order valence-electron chi connectivity index (χ3n) is 3.24. The summed E-state index contributed by atoms with van der Waals surface area (Å²) in [6, 6.07) is 16.8. The topological polar surface area (TPSA) is 21.3 Å². The van der Waals surface area contributed by atoms with Gasteiger partial charge in [0.15, 0.2) is 0 Å². The van der Waals surface area contributed by atoms with E-state index in [4.69, 9.17) is 4.74 Å². The highest BCUT2D eigenvalue weighted by Crippen LogP contribution is 2.27. The maximum atomic E-state index is 5.92. The third-order valence-corrected chi connectivity index (χ3v) is 4.02. The second-order valence-corrected chi connectivity index (χ2v) is 5.78. The molecule has 0 unspecified atom stereocenters. The highest BCUT2D eigenvalue weighted by atomic mass is 32.2. The fourth-order valence-electron chi connectivity index (χ4n) is 2.06. The zero-order valence-electron chi connectivity index (χ0n) is 12.8. The lowest BCUT2D eigenvalue weighted by molar-refractivity contribution is 0.299. The van der Waals surface area contributed by atoms with Gasteiger partial charge < -0.3 is 10.1 Å². The maximum Gasteiger partial charge on any atom is 0.133 e. The lowest BCUT2D eigenvalue weighted by Gasteiger charge is -2.10. The minimum atomic E-state index is 0.611. The van der Waals surface area contributed by atoms with Gasteiger partial charge in [0.25, 0.3) is 0 Å². The normalized spacial score (nSPS) is 10.6. The highest BCUT2D eigenvalue weighted by Gasteiger charge is 2.02. The van der Waals surface area contributed by atoms with Crippen molar-refractivity contribution >= 4 is 11.8 Å². The van der Waals surface area contributed by atoms with Crippen molar-refractivity contribution in [2.75, 3.05) is 12.8 Å². The van der Waals surface area contributed by atoms with Crippen LogP contribution in [0.5, 0.6) is 5.75 Å². The lowest BCUT2D eigenvalue weighted by Crippen LogP contribution is -2.13. The molecule has 2 aromatic rings. The van der Waals surface area contributed by atoms with Crippen LogP contribution < -0.4 is 10.1 Å². The van der Waals surface area contributed by atoms with Crippen molar-refractivity contribution in [2.45, 2.75) is 31.4 Å². The molecular weight excluding hydrogens is 278 g/mol. The minimum Gasteiger partial charge on any atom is -0.488 e. The van der Waals surface area contributed by atoms with Crippen LogP contribution in [0.1, 0.15) is 24.5 Å². The molecule has 0 heterocycles. The van der Waals surface area contributed by atoms with Crippen molar-refractivity contribution in [3.63, 3.8) is 0 Å². The molecule has 0 spiro atoms. The van der Waals surface area contributed by atoms with Crippen molar-refractivity contribution in [3.8, 4) is 5.75 Å². The molecule has 0 aromatic heterocycles. The summed E-state index contributed by atoms with van der Waals surface area (Å²) in [5.74, 6) is 0.957. The van der Waals surface area contributed by atoms with E-state index in [1.165, 1.54) is 22.4 Å². The summed E-state index contributed by atoms with van der Waals surface area (Å²) in [5, 5.41) is 3.41. The Morgan fingerprint density at radius 2 is 1.71 bits per heavy atom. The van der Waals surface area contributed by atoms with Crippen LogP contribution in [-0.2, 0) is 13.2 Å². The van der Waals surface area contributed by atoms with Gasteiger partial charge in [-0.2, -0.15) is 0 Å². The first-order chi connectivity index (χ1) is 10.3. The molecule has 0 aliphatic rings. The molecule has 0 saturated carbocycles. The molecule has 0 bridgehead atoms. The molecule has 0 amide bonds. The Hall–Kier alpha value is -1.45. The highest BCUT2D eigenvalue weighted by molar-refractivity contribution is 7.98. The monoisotopic (exact) mass is 301 g/mol. The Bertz CT molecular complexity index is 539. The first kappa shape index (κ1) is 15.9. The molecule has 21 heavy (non-hydrogen) atoms. The number of nitrogens with one attached hydrogen (secondary N) is 1. The van der Waals surface area contributed by atoms with E-state index in [9.17, 15) is 0 Å². The largest absolute Gasteiger partial charge is 0.488 e. The molecule has 1 N–H and O–H groups in total. The van der Waals surface area contributed by atoms with E-state index in [1.54, 1.807) is 11.8 Å². The molecule has 112 valence electrons. The van der Waals surface area contributed by atoms with E-state index in [0.717, 1.165) is 18.8 Å². The Labute approximate surface area is 131 Å². The van der Waals surface area contributed by atoms with Gasteiger partial charge in [0, 0.05) is 11.4 Å². The fraction of sp³-hybridized carbons (Fsp3) is 0.333. The SMILES string of the molecule is CCCNCc1ccc(COc2ccccc2SC)cc1. The Balaban J connectivity index is 1.88. The second-order valence-electron chi connectivity index (χ2n) is 4.93. The van der Waals surface area contributed by atoms with Gasteiger partial charge in [0.2, 0.25) is 0 Å². The quantitative estimate of drug-likeness (QED) is 0.573. The summed E-state index contributed by atoms with van der Waals surface area (Å²) in [6.07, 6.45) is 3.24. The van der Waals surface area contributed by atoms with Crippen LogP contribution >= 0.6 is 11.8 Å². The van der Waals surface area contributed by atoms with Crippen LogP contribution in [0, 0.1) is 0 Å². The van der Waals surface area contributed by atoms with Crippen LogP contribution in [0.3, 0.4) is 0 Å². The predicted octanol–water partition coefficient (Wildman–Crippen LogP) is 4.49. The summed E-state index contributed by atoms with van der Waals surface area (Å²) in [6.45, 7) is 4.79. The maximum absolute atomic E-state index is 5.92. The number of thioether (sulfide) groups is 1. The van der Waals surface area contributed by atoms with E-state index in [-0.39, 0.29) is 0 Å². The zero-order valence-corrected chi connectivity index (χ0v) is 13.6. The number of ether oxygens (including phenoxy) is 1. The molecule has 0 saturated heterocycles. The van der Waals surface area contributed by atoms with Gasteiger partial charge in [-0.25, -0.2) is 0 Å². The van der Waals surface area contributed by atoms with Crippen molar-refractivity contribution < 1.29 is 4.74 Å². The Kier molecular flexibility index (Phi) is 6.64. The van der Waals surface area contributed by atoms with Crippen LogP contribution in [-0.4, -0.2) is 12.8 Å². The van der Waals surface area contributed by atoms with Gasteiger partial charge in [-0.3, -0.25) is 0 Å². The van der Waals surface area contributed by atoms with Gasteiger partial charge in [-0.05, 0) is 42.5 Å². The smallest absolute Gasteiger partial charge is 0.133 e. The average molecular weight is 301 g/mol. The van der Waals surface area contributed by atoms with Crippen molar-refractivity contribution in [1.29, 1.82) is 0 Å². The first-order valence-electron chi connectivity index (χ1n) is 7.38. The second kappa shape index (κ2) is 8.75. The molecule has 0 fully saturated rings. The first-order valence-corrected chi connectivity index (χ1v) is 8.60. The number of hydrogen-bond donors (Lipinski definition) is 1. The lowest BCUT2D eigenvalue weighted by atomic mass is 10.1. The van der Waals surface area contributed by atoms with E-state index >= 15 is 0 Å². The summed E-state index contributed by atoms with van der Waals surface area (Å²) < 4.78 is 5.92. The van der Waals surface area contributed by atoms with Gasteiger partial charge >= 0.3 is 0 Å². The van der Waals surface area contributed by atoms with Gasteiger partial charge in [-0.1, -0.05) is 43.3 Å². The molecule has 3 heteroatoms. The van der Waals surface area contributed by atoms with E-state index in [1.807, 2.05) is 18.2 Å². The molecule has 2 rings (SSSR count). The van der Waals surface area contributed by atoms with E-state index in [2.05, 4.69) is 48.8 Å². The summed E-state index contributed by atoms with van der Waals surface area (Å²) in [4.78, 5) is 1.18. The van der Waals surface area contributed by atoms with E-state index < -0.39 is 0 Å². The predicted molar refractivity (Wildman–Crippen MR) is 91.0 cm³/mol. The van der Waals surface area contributed by atoms with Crippen LogP contribution in [0.2, 0.25) is 0 Å². The average Bonchev–Trinajstić information content (AvgIpc) is 2.54. The summed E-state index contributed by atoms with van der Waals surface area (Å²) >= 11 is 1.71. The molecule has 0 aliphatic carbocycles. The number of rotatable bonds is 8. The van der Waals surface area contributed by atoms with Crippen LogP contribution in [0.4, 0.5) is 0 Å². The Morgan fingerprint density at radius 1 is 1.00 bits per heavy atom. The molecule has 0 aliphatic heterocycles. The number of para-hydroxylation sites is 1. The molecule has 2 aromatic carbocycles. The Morgan fingerprint density at radius 3 is 2.43 bits per heavy atom. The number of hydrogen-bond acceptors (Lipinski definition) is 3. The van der Waals surface area contributed by atoms with Crippen molar-refractivity contribution in [3.05, 3.63) is 59.7 Å². The number of benzene rings is 2. The van der Waals surface area contributed by atoms with Crippen molar-refractivity contribution in [2.24, 2.45) is 0 Å². The summed E-state index contributed by atoms with van der Waals surface area (Å²) in [5.41, 5.74) is 2.52. The standard InChI is InChI=1S/C18H23NOS/c1-3-12-19-13-15-8-10-16(11-9-15)14-20-17-6-4-5-7-18(17)21-2/h4-11,19H,3,12-14H2,1-2H3. The molecule has 0 radical (unpaired) electrons. The third kappa shape index (κ3) is 5.10. The molecular formula is C18H23NOS. The van der Waals surface area contributed by atoms with E-state index in [0.29, 0.717) is 6.61 Å². The minimum absolute atomic E-state index is 0.611. The van der Waals surface area contributed by atoms with Crippen LogP contribution in [0.15, 0.2) is 53.4 Å².